The van der Waals surface area contributed by atoms with Crippen LogP contribution in [0.2, 0.25) is 0 Å². The van der Waals surface area contributed by atoms with Gasteiger partial charge < -0.3 is 20.9 Å². The minimum Gasteiger partial charge on any atom is -0.371 e. The number of carbonyl (C=O) groups excluding carboxylic acids is 4. The number of piperidine rings is 1. The molecule has 5 heterocycles. The van der Waals surface area contributed by atoms with Gasteiger partial charge in [0.25, 0.3) is 11.8 Å². The molecule has 8 rings (SSSR count). The Balaban J connectivity index is 0.813. The number of nitrogens with one attached hydrogen (secondary N) is 2. The molecule has 17 heteroatoms. The Morgan fingerprint density at radius 3 is 2.02 bits per heavy atom. The fraction of sp³-hybridized carbons (Fsp3) is 0.385. The van der Waals surface area contributed by atoms with Crippen molar-refractivity contribution in [2.24, 2.45) is 11.1 Å². The summed E-state index contributed by atoms with van der Waals surface area (Å²) in [5.74, 6) is -2.10. The lowest BCUT2D eigenvalue weighted by atomic mass is 9.60. The number of alkyl halides is 3. The second kappa shape index (κ2) is 14.6. The molecule has 0 radical (unpaired) electrons. The highest BCUT2D eigenvalue weighted by atomic mass is 19.4. The minimum atomic E-state index is -4.72. The zero-order chi connectivity index (χ0) is 39.2. The number of benzene rings is 2. The summed E-state index contributed by atoms with van der Waals surface area (Å²) in [7, 11) is 0. The molecule has 56 heavy (non-hydrogen) atoms. The third-order valence-electron chi connectivity index (χ3n) is 11.5. The van der Waals surface area contributed by atoms with E-state index < -0.39 is 29.4 Å². The largest absolute Gasteiger partial charge is 0.433 e. The van der Waals surface area contributed by atoms with E-state index in [-0.39, 0.29) is 23.3 Å². The highest BCUT2D eigenvalue weighted by molar-refractivity contribution is 6.07. The molecule has 0 unspecified atom stereocenters. The predicted octanol–water partition coefficient (Wildman–Crippen LogP) is 4.65. The average Bonchev–Trinajstić information content (AvgIpc) is 3.61. The smallest absolute Gasteiger partial charge is 0.371 e. The van der Waals surface area contributed by atoms with Crippen LogP contribution in [0.1, 0.15) is 58.8 Å². The van der Waals surface area contributed by atoms with Crippen LogP contribution in [-0.2, 0) is 11.0 Å². The van der Waals surface area contributed by atoms with Crippen LogP contribution in [0.3, 0.4) is 0 Å². The SMILES string of the molecule is NC(=O)c1nn(-c2ccc(N3CCN(C4CC5(CCN(c6ccc(N7CCC(=O)NC7=O)cc6)CC5)C4)CC3)cc2)cc1NC(=O)c1cccc(C(F)(F)F)n1. The fourth-order valence-corrected chi connectivity index (χ4v) is 8.35. The second-order valence-corrected chi connectivity index (χ2v) is 14.9. The van der Waals surface area contributed by atoms with Crippen molar-refractivity contribution in [3.05, 3.63) is 90.0 Å². The summed E-state index contributed by atoms with van der Waals surface area (Å²) in [5.41, 5.74) is 7.50. The first-order valence-corrected chi connectivity index (χ1v) is 18.7. The molecule has 4 N–H and O–H groups in total. The lowest BCUT2D eigenvalue weighted by Crippen LogP contribution is -2.59. The van der Waals surface area contributed by atoms with Crippen LogP contribution < -0.4 is 31.1 Å². The number of rotatable bonds is 8. The number of nitrogens with zero attached hydrogens (tertiary/aromatic N) is 7. The molecule has 2 aromatic carbocycles. The van der Waals surface area contributed by atoms with Gasteiger partial charge in [0.2, 0.25) is 5.91 Å². The van der Waals surface area contributed by atoms with E-state index in [0.29, 0.717) is 30.1 Å². The third-order valence-corrected chi connectivity index (χ3v) is 11.5. The van der Waals surface area contributed by atoms with Gasteiger partial charge in [-0.2, -0.15) is 18.3 Å². The molecule has 4 fully saturated rings. The lowest BCUT2D eigenvalue weighted by molar-refractivity contribution is -0.141. The predicted molar refractivity (Wildman–Crippen MR) is 202 cm³/mol. The first-order valence-electron chi connectivity index (χ1n) is 18.7. The van der Waals surface area contributed by atoms with Gasteiger partial charge >= 0.3 is 12.2 Å². The van der Waals surface area contributed by atoms with Crippen LogP contribution in [0.15, 0.2) is 72.9 Å². The molecule has 14 nitrogen and oxygen atoms in total. The molecule has 3 saturated heterocycles. The Hall–Kier alpha value is -5.97. The Morgan fingerprint density at radius 2 is 1.41 bits per heavy atom. The Labute approximate surface area is 320 Å². The fourth-order valence-electron chi connectivity index (χ4n) is 8.35. The number of imide groups is 1. The van der Waals surface area contributed by atoms with Crippen molar-refractivity contribution in [3.63, 3.8) is 0 Å². The van der Waals surface area contributed by atoms with E-state index >= 15 is 0 Å². The van der Waals surface area contributed by atoms with E-state index in [9.17, 15) is 32.3 Å². The molecule has 1 saturated carbocycles. The normalized spacial score (nSPS) is 19.2. The standard InChI is InChI=1S/C39H41F3N10O4/c40-39(41,42)32-3-1-2-30(44-32)36(55)45-31-24-52(47-34(31)35(43)54)28-10-6-26(7-11-28)49-18-20-50(21-19-49)29-22-38(23-29)13-16-48(17-14-38)25-4-8-27(9-5-25)51-15-12-33(53)46-37(51)56/h1-11,24,29H,12-23H2,(H2,43,54)(H,45,55)(H,46,53,56). The summed E-state index contributed by atoms with van der Waals surface area (Å²) in [6.07, 6.45) is 1.71. The Bertz CT molecular complexity index is 2130. The van der Waals surface area contributed by atoms with Gasteiger partial charge in [0.1, 0.15) is 11.4 Å². The zero-order valence-electron chi connectivity index (χ0n) is 30.5. The quantitative estimate of drug-likeness (QED) is 0.232. The number of hydrogen-bond donors (Lipinski definition) is 3. The molecule has 0 bridgehead atoms. The first kappa shape index (κ1) is 37.0. The monoisotopic (exact) mass is 770 g/mol. The van der Waals surface area contributed by atoms with Gasteiger partial charge in [0.15, 0.2) is 5.69 Å². The third kappa shape index (κ3) is 7.50. The van der Waals surface area contributed by atoms with Crippen molar-refractivity contribution in [1.29, 1.82) is 0 Å². The number of amides is 5. The number of primary amides is 1. The van der Waals surface area contributed by atoms with E-state index in [2.05, 4.69) is 47.5 Å². The van der Waals surface area contributed by atoms with E-state index in [1.54, 1.807) is 4.90 Å². The molecule has 4 aromatic rings. The van der Waals surface area contributed by atoms with E-state index in [1.807, 2.05) is 36.4 Å². The highest BCUT2D eigenvalue weighted by Crippen LogP contribution is 2.51. The molecule has 4 aliphatic rings. The maximum atomic E-state index is 13.1. The van der Waals surface area contributed by atoms with Crippen molar-refractivity contribution in [2.75, 3.05) is 65.8 Å². The van der Waals surface area contributed by atoms with Crippen molar-refractivity contribution in [2.45, 2.75) is 44.3 Å². The topological polar surface area (TPSA) is 162 Å². The van der Waals surface area contributed by atoms with Crippen LogP contribution in [-0.4, -0.2) is 95.3 Å². The molecule has 1 spiro atoms. The number of piperazine rings is 1. The number of pyridine rings is 1. The Kier molecular flexibility index (Phi) is 9.64. The number of urea groups is 1. The second-order valence-electron chi connectivity index (χ2n) is 14.9. The molecule has 292 valence electrons. The van der Waals surface area contributed by atoms with E-state index in [0.717, 1.165) is 87.4 Å². The first-order chi connectivity index (χ1) is 26.8. The van der Waals surface area contributed by atoms with Gasteiger partial charge in [0.05, 0.1) is 17.6 Å². The number of hydrogen-bond acceptors (Lipinski definition) is 9. The van der Waals surface area contributed by atoms with Gasteiger partial charge in [-0.1, -0.05) is 6.07 Å². The van der Waals surface area contributed by atoms with Crippen LogP contribution >= 0.6 is 0 Å². The minimum absolute atomic E-state index is 0.0536. The van der Waals surface area contributed by atoms with Crippen molar-refractivity contribution in [1.82, 2.24) is 25.0 Å². The van der Waals surface area contributed by atoms with Crippen molar-refractivity contribution < 1.29 is 32.3 Å². The average molecular weight is 771 g/mol. The zero-order valence-corrected chi connectivity index (χ0v) is 30.5. The molecule has 3 aliphatic heterocycles. The molecular weight excluding hydrogens is 729 g/mol. The van der Waals surface area contributed by atoms with Crippen LogP contribution in [0.4, 0.5) is 40.7 Å². The summed E-state index contributed by atoms with van der Waals surface area (Å²) in [6.45, 7) is 6.10. The van der Waals surface area contributed by atoms with Crippen LogP contribution in [0.25, 0.3) is 5.69 Å². The number of carbonyl (C=O) groups is 4. The van der Waals surface area contributed by atoms with Gasteiger partial charge in [-0.25, -0.2) is 14.5 Å². The van der Waals surface area contributed by atoms with Gasteiger partial charge in [0, 0.05) is 75.3 Å². The summed E-state index contributed by atoms with van der Waals surface area (Å²) >= 11 is 0. The van der Waals surface area contributed by atoms with Crippen LogP contribution in [0, 0.1) is 5.41 Å². The number of halogens is 3. The molecular formula is C39H41F3N10O4. The lowest BCUT2D eigenvalue weighted by Gasteiger charge is -2.56. The summed E-state index contributed by atoms with van der Waals surface area (Å²) < 4.78 is 40.7. The summed E-state index contributed by atoms with van der Waals surface area (Å²) in [5, 5.41) is 9.02. The summed E-state index contributed by atoms with van der Waals surface area (Å²) in [6, 6.07) is 18.9. The molecule has 0 atom stereocenters. The van der Waals surface area contributed by atoms with Gasteiger partial charge in [-0.05, 0) is 91.8 Å². The molecule has 5 amide bonds. The van der Waals surface area contributed by atoms with E-state index in [4.69, 9.17) is 5.73 Å². The van der Waals surface area contributed by atoms with Crippen molar-refractivity contribution >= 4 is 46.5 Å². The number of aromatic nitrogens is 3. The Morgan fingerprint density at radius 1 is 0.804 bits per heavy atom. The van der Waals surface area contributed by atoms with E-state index in [1.165, 1.54) is 23.7 Å². The van der Waals surface area contributed by atoms with Gasteiger partial charge in [-0.3, -0.25) is 29.5 Å². The summed E-state index contributed by atoms with van der Waals surface area (Å²) in [4.78, 5) is 61.0. The molecule has 1 aliphatic carbocycles. The maximum Gasteiger partial charge on any atom is 0.433 e. The molecule has 2 aromatic heterocycles. The number of nitrogens with two attached hydrogens (primary N) is 1. The van der Waals surface area contributed by atoms with Crippen molar-refractivity contribution in [3.8, 4) is 5.69 Å². The maximum absolute atomic E-state index is 13.1. The highest BCUT2D eigenvalue weighted by Gasteiger charge is 2.48. The van der Waals surface area contributed by atoms with Gasteiger partial charge in [-0.15, -0.1) is 0 Å². The number of anilines is 4. The van der Waals surface area contributed by atoms with Crippen LogP contribution in [0.5, 0.6) is 0 Å².